The Bertz CT molecular complexity index is 601. The number of hydrogen-bond acceptors (Lipinski definition) is 2. The number of pyridine rings is 1. The van der Waals surface area contributed by atoms with Gasteiger partial charge in [0.05, 0.1) is 16.7 Å². The van der Waals surface area contributed by atoms with Gasteiger partial charge in [0, 0.05) is 27.9 Å². The van der Waals surface area contributed by atoms with Crippen LogP contribution < -0.4 is 0 Å². The van der Waals surface area contributed by atoms with Crippen molar-refractivity contribution in [2.45, 2.75) is 6.61 Å². The van der Waals surface area contributed by atoms with Gasteiger partial charge in [0.2, 0.25) is 0 Å². The van der Waals surface area contributed by atoms with Gasteiger partial charge in [-0.25, -0.2) is 4.98 Å². The molecule has 2 aromatic rings. The Morgan fingerprint density at radius 3 is 2.44 bits per heavy atom. The smallest absolute Gasteiger partial charge is 0.134 e. The second-order valence-electron chi connectivity index (χ2n) is 3.58. The molecule has 0 aliphatic carbocycles. The molecule has 0 aliphatic rings. The summed E-state index contributed by atoms with van der Waals surface area (Å²) in [6.07, 6.45) is 1.55. The highest BCUT2D eigenvalue weighted by Crippen LogP contribution is 2.36. The van der Waals surface area contributed by atoms with E-state index in [1.165, 1.54) is 0 Å². The van der Waals surface area contributed by atoms with E-state index in [0.717, 1.165) is 0 Å². The van der Waals surface area contributed by atoms with Crippen LogP contribution in [0.5, 0.6) is 0 Å². The van der Waals surface area contributed by atoms with Gasteiger partial charge in [0.25, 0.3) is 0 Å². The monoisotopic (exact) mass is 321 g/mol. The summed E-state index contributed by atoms with van der Waals surface area (Å²) in [5.74, 6) is 0. The van der Waals surface area contributed by atoms with E-state index in [1.807, 2.05) is 0 Å². The second kappa shape index (κ2) is 5.64. The van der Waals surface area contributed by atoms with Gasteiger partial charge < -0.3 is 5.11 Å². The Labute approximate surface area is 124 Å². The van der Waals surface area contributed by atoms with E-state index in [1.54, 1.807) is 24.4 Å². The molecule has 0 amide bonds. The summed E-state index contributed by atoms with van der Waals surface area (Å²) < 4.78 is 0. The van der Waals surface area contributed by atoms with Gasteiger partial charge in [0.1, 0.15) is 5.15 Å². The molecule has 6 heteroatoms. The molecule has 0 aliphatic heterocycles. The van der Waals surface area contributed by atoms with Gasteiger partial charge >= 0.3 is 0 Å². The van der Waals surface area contributed by atoms with Gasteiger partial charge in [-0.05, 0) is 18.2 Å². The lowest BCUT2D eigenvalue weighted by Gasteiger charge is -2.09. The summed E-state index contributed by atoms with van der Waals surface area (Å²) in [5.41, 5.74) is 1.85. The van der Waals surface area contributed by atoms with E-state index in [-0.39, 0.29) is 11.8 Å². The molecule has 0 fully saturated rings. The van der Waals surface area contributed by atoms with Gasteiger partial charge in [-0.15, -0.1) is 0 Å². The molecule has 2 rings (SSSR count). The van der Waals surface area contributed by atoms with Crippen molar-refractivity contribution in [3.05, 3.63) is 50.2 Å². The van der Waals surface area contributed by atoms with Crippen LogP contribution in [0.3, 0.4) is 0 Å². The third-order valence-corrected chi connectivity index (χ3v) is 3.75. The fraction of sp³-hybridized carbons (Fsp3) is 0.0833. The first kappa shape index (κ1) is 13.9. The summed E-state index contributed by atoms with van der Waals surface area (Å²) >= 11 is 23.9. The van der Waals surface area contributed by atoms with Crippen molar-refractivity contribution >= 4 is 46.4 Å². The highest BCUT2D eigenvalue weighted by atomic mass is 35.5. The van der Waals surface area contributed by atoms with Gasteiger partial charge in [-0.1, -0.05) is 46.4 Å². The molecular weight excluding hydrogens is 316 g/mol. The molecule has 1 aromatic carbocycles. The third kappa shape index (κ3) is 2.73. The van der Waals surface area contributed by atoms with Crippen molar-refractivity contribution in [3.63, 3.8) is 0 Å². The largest absolute Gasteiger partial charge is 0.392 e. The molecule has 0 bridgehead atoms. The predicted octanol–water partition coefficient (Wildman–Crippen LogP) is 4.85. The Morgan fingerprint density at radius 1 is 1.06 bits per heavy atom. The average Bonchev–Trinajstić information content (AvgIpc) is 2.34. The van der Waals surface area contributed by atoms with E-state index in [9.17, 15) is 0 Å². The molecule has 0 unspecified atom stereocenters. The topological polar surface area (TPSA) is 33.1 Å². The number of rotatable bonds is 2. The summed E-state index contributed by atoms with van der Waals surface area (Å²) in [4.78, 5) is 3.99. The Kier molecular flexibility index (Phi) is 4.36. The first-order valence-electron chi connectivity index (χ1n) is 4.93. The minimum absolute atomic E-state index is 0.203. The zero-order chi connectivity index (χ0) is 13.3. The van der Waals surface area contributed by atoms with Crippen LogP contribution in [-0.2, 0) is 6.61 Å². The highest BCUT2D eigenvalue weighted by molar-refractivity contribution is 6.45. The van der Waals surface area contributed by atoms with Crippen molar-refractivity contribution in [2.24, 2.45) is 0 Å². The second-order valence-corrected chi connectivity index (χ2v) is 5.16. The molecule has 0 spiro atoms. The maximum atomic E-state index is 9.16. The van der Waals surface area contributed by atoms with E-state index >= 15 is 0 Å². The van der Waals surface area contributed by atoms with Gasteiger partial charge in [0.15, 0.2) is 0 Å². The summed E-state index contributed by atoms with van der Waals surface area (Å²) in [6.45, 7) is -0.203. The third-order valence-electron chi connectivity index (χ3n) is 2.39. The Hall–Kier alpha value is -0.510. The van der Waals surface area contributed by atoms with Crippen molar-refractivity contribution in [3.8, 4) is 11.1 Å². The van der Waals surface area contributed by atoms with Gasteiger partial charge in [-0.3, -0.25) is 0 Å². The summed E-state index contributed by atoms with van der Waals surface area (Å²) in [7, 11) is 0. The minimum Gasteiger partial charge on any atom is -0.392 e. The standard InChI is InChI=1S/C12H7Cl4NO/c13-8-2-9(11(15)10(14)3-8)6-1-7(5-18)12(16)17-4-6/h1-4,18H,5H2. The number of aliphatic hydroxyl groups excluding tert-OH is 1. The zero-order valence-electron chi connectivity index (χ0n) is 8.92. The van der Waals surface area contributed by atoms with Crippen LogP contribution in [0.25, 0.3) is 11.1 Å². The van der Waals surface area contributed by atoms with Crippen molar-refractivity contribution in [2.75, 3.05) is 0 Å². The van der Waals surface area contributed by atoms with Crippen molar-refractivity contribution in [1.29, 1.82) is 0 Å². The minimum atomic E-state index is -0.203. The number of hydrogen-bond donors (Lipinski definition) is 1. The molecule has 0 saturated heterocycles. The number of halogens is 4. The van der Waals surface area contributed by atoms with Crippen LogP contribution in [0.2, 0.25) is 20.2 Å². The molecule has 1 N–H and O–H groups in total. The molecular formula is C12H7Cl4NO. The fourth-order valence-electron chi connectivity index (χ4n) is 1.52. The van der Waals surface area contributed by atoms with Crippen LogP contribution in [-0.4, -0.2) is 10.1 Å². The van der Waals surface area contributed by atoms with Crippen LogP contribution in [0.1, 0.15) is 5.56 Å². The lowest BCUT2D eigenvalue weighted by atomic mass is 10.1. The number of benzene rings is 1. The van der Waals surface area contributed by atoms with Crippen LogP contribution in [0.4, 0.5) is 0 Å². The maximum absolute atomic E-state index is 9.16. The SMILES string of the molecule is OCc1cc(-c2cc(Cl)cc(Cl)c2Cl)cnc1Cl. The molecule has 1 heterocycles. The number of nitrogens with zero attached hydrogens (tertiary/aromatic N) is 1. The van der Waals surface area contributed by atoms with Crippen molar-refractivity contribution in [1.82, 2.24) is 4.98 Å². The first-order chi connectivity index (χ1) is 8.52. The summed E-state index contributed by atoms with van der Waals surface area (Å²) in [5, 5.41) is 10.6. The molecule has 0 radical (unpaired) electrons. The molecule has 18 heavy (non-hydrogen) atoms. The number of aliphatic hydroxyl groups is 1. The normalized spacial score (nSPS) is 10.7. The predicted molar refractivity (Wildman–Crippen MR) is 75.6 cm³/mol. The highest BCUT2D eigenvalue weighted by Gasteiger charge is 2.11. The average molecular weight is 323 g/mol. The van der Waals surface area contributed by atoms with E-state index in [4.69, 9.17) is 51.5 Å². The summed E-state index contributed by atoms with van der Waals surface area (Å²) in [6, 6.07) is 4.94. The molecule has 2 nitrogen and oxygen atoms in total. The Morgan fingerprint density at radius 2 is 1.78 bits per heavy atom. The number of aromatic nitrogens is 1. The van der Waals surface area contributed by atoms with Crippen molar-refractivity contribution < 1.29 is 5.11 Å². The molecule has 94 valence electrons. The fourth-order valence-corrected chi connectivity index (χ4v) is 2.39. The van der Waals surface area contributed by atoms with Gasteiger partial charge in [-0.2, -0.15) is 0 Å². The van der Waals surface area contributed by atoms with E-state index in [0.29, 0.717) is 31.8 Å². The molecule has 1 aromatic heterocycles. The zero-order valence-corrected chi connectivity index (χ0v) is 11.9. The van der Waals surface area contributed by atoms with E-state index < -0.39 is 0 Å². The quantitative estimate of drug-likeness (QED) is 0.633. The molecule has 0 saturated carbocycles. The van der Waals surface area contributed by atoms with Crippen LogP contribution in [0, 0.1) is 0 Å². The lowest BCUT2D eigenvalue weighted by Crippen LogP contribution is -1.91. The Balaban J connectivity index is 2.62. The van der Waals surface area contributed by atoms with E-state index in [2.05, 4.69) is 4.98 Å². The molecule has 0 atom stereocenters. The lowest BCUT2D eigenvalue weighted by molar-refractivity contribution is 0.281. The maximum Gasteiger partial charge on any atom is 0.134 e. The van der Waals surface area contributed by atoms with Crippen LogP contribution in [0.15, 0.2) is 24.4 Å². The first-order valence-corrected chi connectivity index (χ1v) is 6.44. The van der Waals surface area contributed by atoms with Crippen LogP contribution >= 0.6 is 46.4 Å².